The average molecular weight is 286 g/mol. The molecule has 3 rings (SSSR count). The van der Waals surface area contributed by atoms with E-state index in [1.165, 1.54) is 6.07 Å². The van der Waals surface area contributed by atoms with E-state index in [1.807, 2.05) is 37.7 Å². The van der Waals surface area contributed by atoms with E-state index in [0.717, 1.165) is 26.9 Å². The number of hydrogen-bond donors (Lipinski definition) is 1. The lowest BCUT2D eigenvalue weighted by Gasteiger charge is -2.19. The van der Waals surface area contributed by atoms with Crippen molar-refractivity contribution in [2.45, 2.75) is 13.0 Å². The summed E-state index contributed by atoms with van der Waals surface area (Å²) in [5.74, 6) is -0.212. The predicted octanol–water partition coefficient (Wildman–Crippen LogP) is 4.05. The summed E-state index contributed by atoms with van der Waals surface area (Å²) in [5, 5.41) is 5.29. The number of pyridine rings is 1. The zero-order chi connectivity index (χ0) is 14.1. The highest BCUT2D eigenvalue weighted by molar-refractivity contribution is 7.17. The lowest BCUT2D eigenvalue weighted by molar-refractivity contribution is 0.615. The van der Waals surface area contributed by atoms with Crippen LogP contribution in [0.1, 0.15) is 22.7 Å². The van der Waals surface area contributed by atoms with Crippen LogP contribution in [0, 0.1) is 12.7 Å². The minimum atomic E-state index is -0.212. The van der Waals surface area contributed by atoms with Crippen LogP contribution in [0.5, 0.6) is 0 Å². The first-order valence-corrected chi connectivity index (χ1v) is 7.33. The van der Waals surface area contributed by atoms with E-state index in [1.54, 1.807) is 17.4 Å². The molecule has 102 valence electrons. The third kappa shape index (κ3) is 2.32. The SMILES string of the molecule is CNC(c1cnc2ccsc2c1)c1cc(F)ccc1C. The van der Waals surface area contributed by atoms with Crippen LogP contribution in [0.2, 0.25) is 0 Å². The molecule has 2 heterocycles. The number of aryl methyl sites for hydroxylation is 1. The van der Waals surface area contributed by atoms with Crippen molar-refractivity contribution < 1.29 is 4.39 Å². The molecule has 0 saturated heterocycles. The molecule has 0 fully saturated rings. The van der Waals surface area contributed by atoms with Crippen LogP contribution in [-0.4, -0.2) is 12.0 Å². The van der Waals surface area contributed by atoms with E-state index in [-0.39, 0.29) is 11.9 Å². The molecule has 0 saturated carbocycles. The van der Waals surface area contributed by atoms with Gasteiger partial charge in [0.15, 0.2) is 0 Å². The topological polar surface area (TPSA) is 24.9 Å². The molecule has 4 heteroatoms. The molecular formula is C16H15FN2S. The van der Waals surface area contributed by atoms with Crippen LogP contribution in [0.15, 0.2) is 41.9 Å². The van der Waals surface area contributed by atoms with Gasteiger partial charge in [0, 0.05) is 6.20 Å². The molecule has 1 unspecified atom stereocenters. The summed E-state index contributed by atoms with van der Waals surface area (Å²) in [4.78, 5) is 4.46. The van der Waals surface area contributed by atoms with E-state index in [2.05, 4.69) is 16.4 Å². The first-order valence-electron chi connectivity index (χ1n) is 6.45. The van der Waals surface area contributed by atoms with Crippen molar-refractivity contribution in [2.75, 3.05) is 7.05 Å². The Morgan fingerprint density at radius 3 is 2.90 bits per heavy atom. The fourth-order valence-electron chi connectivity index (χ4n) is 2.44. The number of fused-ring (bicyclic) bond motifs is 1. The van der Waals surface area contributed by atoms with Gasteiger partial charge in [-0.05, 0) is 60.3 Å². The third-order valence-corrected chi connectivity index (χ3v) is 4.35. The minimum Gasteiger partial charge on any atom is -0.309 e. The van der Waals surface area contributed by atoms with Crippen LogP contribution in [-0.2, 0) is 0 Å². The van der Waals surface area contributed by atoms with E-state index < -0.39 is 0 Å². The van der Waals surface area contributed by atoms with Gasteiger partial charge in [-0.1, -0.05) is 6.07 Å². The molecule has 0 aliphatic rings. The van der Waals surface area contributed by atoms with Crippen molar-refractivity contribution in [2.24, 2.45) is 0 Å². The minimum absolute atomic E-state index is 0.0512. The number of nitrogens with zero attached hydrogens (tertiary/aromatic N) is 1. The zero-order valence-corrected chi connectivity index (χ0v) is 12.2. The highest BCUT2D eigenvalue weighted by Gasteiger charge is 2.16. The summed E-state index contributed by atoms with van der Waals surface area (Å²) in [7, 11) is 1.88. The van der Waals surface area contributed by atoms with Crippen LogP contribution in [0.4, 0.5) is 4.39 Å². The maximum atomic E-state index is 13.5. The van der Waals surface area contributed by atoms with E-state index in [9.17, 15) is 4.39 Å². The van der Waals surface area contributed by atoms with Crippen LogP contribution in [0.3, 0.4) is 0 Å². The molecule has 1 aromatic carbocycles. The maximum Gasteiger partial charge on any atom is 0.123 e. The number of thiophene rings is 1. The largest absolute Gasteiger partial charge is 0.309 e. The second kappa shape index (κ2) is 5.31. The number of aromatic nitrogens is 1. The van der Waals surface area contributed by atoms with Gasteiger partial charge in [0.05, 0.1) is 16.3 Å². The second-order valence-electron chi connectivity index (χ2n) is 4.80. The van der Waals surface area contributed by atoms with E-state index in [0.29, 0.717) is 0 Å². The van der Waals surface area contributed by atoms with Crippen molar-refractivity contribution in [1.29, 1.82) is 0 Å². The molecule has 0 spiro atoms. The van der Waals surface area contributed by atoms with Gasteiger partial charge in [-0.2, -0.15) is 0 Å². The fraction of sp³-hybridized carbons (Fsp3) is 0.188. The normalized spacial score (nSPS) is 12.8. The number of halogens is 1. The summed E-state index contributed by atoms with van der Waals surface area (Å²) in [6, 6.07) is 8.97. The Hall–Kier alpha value is -1.78. The molecule has 3 aromatic rings. The summed E-state index contributed by atoms with van der Waals surface area (Å²) in [6.45, 7) is 2.00. The Morgan fingerprint density at radius 1 is 1.25 bits per heavy atom. The molecule has 1 N–H and O–H groups in total. The predicted molar refractivity (Wildman–Crippen MR) is 81.7 cm³/mol. The Labute approximate surface area is 121 Å². The summed E-state index contributed by atoms with van der Waals surface area (Å²) < 4.78 is 14.7. The number of hydrogen-bond acceptors (Lipinski definition) is 3. The number of nitrogens with one attached hydrogen (secondary N) is 1. The Kier molecular flexibility index (Phi) is 3.51. The fourth-order valence-corrected chi connectivity index (χ4v) is 3.23. The highest BCUT2D eigenvalue weighted by Crippen LogP contribution is 2.28. The monoisotopic (exact) mass is 286 g/mol. The standard InChI is InChI=1S/C16H15FN2S/c1-10-3-4-12(17)8-13(10)16(18-2)11-7-15-14(19-9-11)5-6-20-15/h3-9,16,18H,1-2H3. The van der Waals surface area contributed by atoms with Crippen molar-refractivity contribution in [3.8, 4) is 0 Å². The van der Waals surface area contributed by atoms with Crippen LogP contribution in [0.25, 0.3) is 10.2 Å². The molecule has 0 amide bonds. The molecule has 0 aliphatic heterocycles. The first-order chi connectivity index (χ1) is 9.69. The van der Waals surface area contributed by atoms with Crippen molar-refractivity contribution in [1.82, 2.24) is 10.3 Å². The van der Waals surface area contributed by atoms with Gasteiger partial charge in [-0.25, -0.2) is 4.39 Å². The van der Waals surface area contributed by atoms with Gasteiger partial charge in [0.25, 0.3) is 0 Å². The average Bonchev–Trinajstić information content (AvgIpc) is 2.91. The quantitative estimate of drug-likeness (QED) is 0.785. The smallest absolute Gasteiger partial charge is 0.123 e. The Bertz CT molecular complexity index is 751. The van der Waals surface area contributed by atoms with Crippen LogP contribution >= 0.6 is 11.3 Å². The number of rotatable bonds is 3. The third-order valence-electron chi connectivity index (χ3n) is 3.50. The van der Waals surface area contributed by atoms with Gasteiger partial charge >= 0.3 is 0 Å². The van der Waals surface area contributed by atoms with Gasteiger partial charge in [0.2, 0.25) is 0 Å². The number of benzene rings is 1. The van der Waals surface area contributed by atoms with Gasteiger partial charge in [0.1, 0.15) is 5.82 Å². The Morgan fingerprint density at radius 2 is 2.10 bits per heavy atom. The summed E-state index contributed by atoms with van der Waals surface area (Å²) >= 11 is 1.67. The molecule has 20 heavy (non-hydrogen) atoms. The maximum absolute atomic E-state index is 13.5. The molecular weight excluding hydrogens is 271 g/mol. The molecule has 2 aromatic heterocycles. The molecule has 0 bridgehead atoms. The summed E-state index contributed by atoms with van der Waals surface area (Å²) in [5.41, 5.74) is 4.07. The lowest BCUT2D eigenvalue weighted by atomic mass is 9.96. The van der Waals surface area contributed by atoms with E-state index in [4.69, 9.17) is 0 Å². The molecule has 1 atom stereocenters. The molecule has 0 radical (unpaired) electrons. The zero-order valence-electron chi connectivity index (χ0n) is 11.4. The van der Waals surface area contributed by atoms with Gasteiger partial charge in [-0.15, -0.1) is 11.3 Å². The van der Waals surface area contributed by atoms with E-state index >= 15 is 0 Å². The van der Waals surface area contributed by atoms with Crippen molar-refractivity contribution in [3.63, 3.8) is 0 Å². The molecule has 2 nitrogen and oxygen atoms in total. The molecule has 0 aliphatic carbocycles. The van der Waals surface area contributed by atoms with Gasteiger partial charge in [-0.3, -0.25) is 4.98 Å². The van der Waals surface area contributed by atoms with Crippen molar-refractivity contribution >= 4 is 21.6 Å². The Balaban J connectivity index is 2.10. The first kappa shape index (κ1) is 13.2. The highest BCUT2D eigenvalue weighted by atomic mass is 32.1. The van der Waals surface area contributed by atoms with Crippen LogP contribution < -0.4 is 5.32 Å². The van der Waals surface area contributed by atoms with Crippen molar-refractivity contribution in [3.05, 3.63) is 64.4 Å². The second-order valence-corrected chi connectivity index (χ2v) is 5.74. The lowest BCUT2D eigenvalue weighted by Crippen LogP contribution is -2.19. The van der Waals surface area contributed by atoms with Gasteiger partial charge < -0.3 is 5.32 Å². The summed E-state index contributed by atoms with van der Waals surface area (Å²) in [6.07, 6.45) is 1.86.